The molecule has 0 aliphatic heterocycles. The van der Waals surface area contributed by atoms with Gasteiger partial charge < -0.3 is 19.7 Å². The van der Waals surface area contributed by atoms with Gasteiger partial charge in [0.05, 0.1) is 19.7 Å². The monoisotopic (exact) mass is 369 g/mol. The Morgan fingerprint density at radius 1 is 1.11 bits per heavy atom. The van der Waals surface area contributed by atoms with Crippen molar-refractivity contribution in [3.63, 3.8) is 0 Å². The molecule has 0 aromatic heterocycles. The van der Waals surface area contributed by atoms with Crippen LogP contribution in [0.3, 0.4) is 0 Å². The van der Waals surface area contributed by atoms with Crippen LogP contribution < -0.4 is 15.0 Å². The number of esters is 1. The van der Waals surface area contributed by atoms with Crippen LogP contribution in [-0.2, 0) is 16.1 Å². The third-order valence-electron chi connectivity index (χ3n) is 3.85. The first-order chi connectivity index (χ1) is 13.0. The highest BCUT2D eigenvalue weighted by Crippen LogP contribution is 2.12. The number of benzene rings is 2. The van der Waals surface area contributed by atoms with Crippen molar-refractivity contribution in [3.8, 4) is 5.75 Å². The van der Waals surface area contributed by atoms with E-state index in [4.69, 9.17) is 4.74 Å². The average molecular weight is 369 g/mol. The van der Waals surface area contributed by atoms with E-state index in [0.717, 1.165) is 22.8 Å². The van der Waals surface area contributed by atoms with Gasteiger partial charge in [-0.15, -0.1) is 0 Å². The summed E-state index contributed by atoms with van der Waals surface area (Å²) in [7, 11) is 3.29. The van der Waals surface area contributed by atoms with Gasteiger partial charge in [-0.2, -0.15) is 0 Å². The number of carbonyl (C=O) groups excluding carboxylic acids is 2. The number of hydrogen-bond donors (Lipinski definition) is 2. The molecule has 142 valence electrons. The molecule has 0 fully saturated rings. The van der Waals surface area contributed by atoms with Crippen LogP contribution in [0, 0.1) is 0 Å². The molecule has 6 heteroatoms. The lowest BCUT2D eigenvalue weighted by atomic mass is 10.2. The van der Waals surface area contributed by atoms with E-state index in [-0.39, 0.29) is 5.91 Å². The summed E-state index contributed by atoms with van der Waals surface area (Å²) in [5.74, 6) is 0.298. The minimum atomic E-state index is -0.405. The standard InChI is InChI=1S/C21H24N2O4/c1-4-13-27-19-11-5-16(6-12-19)14-23(2)15-20(24)22-18-9-7-17(8-10-18)21(25)26-3/h4-12H,1,13-15H2,2-3H3,(H,22,24)/p+1. The number of likely N-dealkylation sites (N-methyl/N-ethyl adjacent to an activating group) is 1. The van der Waals surface area contributed by atoms with E-state index in [1.54, 1.807) is 30.3 Å². The highest BCUT2D eigenvalue weighted by atomic mass is 16.5. The largest absolute Gasteiger partial charge is 0.490 e. The van der Waals surface area contributed by atoms with E-state index >= 15 is 0 Å². The fourth-order valence-electron chi connectivity index (χ4n) is 2.56. The van der Waals surface area contributed by atoms with Gasteiger partial charge in [-0.3, -0.25) is 4.79 Å². The van der Waals surface area contributed by atoms with E-state index < -0.39 is 5.97 Å². The van der Waals surface area contributed by atoms with Crippen LogP contribution >= 0.6 is 0 Å². The molecule has 0 aliphatic carbocycles. The van der Waals surface area contributed by atoms with E-state index in [2.05, 4.69) is 16.6 Å². The molecule has 2 aromatic rings. The third kappa shape index (κ3) is 6.60. The molecule has 1 unspecified atom stereocenters. The Kier molecular flexibility index (Phi) is 7.58. The quantitative estimate of drug-likeness (QED) is 0.521. The maximum absolute atomic E-state index is 12.2. The number of rotatable bonds is 9. The summed E-state index contributed by atoms with van der Waals surface area (Å²) in [6.07, 6.45) is 1.70. The first-order valence-electron chi connectivity index (χ1n) is 8.64. The molecule has 0 saturated heterocycles. The molecule has 1 amide bonds. The van der Waals surface area contributed by atoms with Crippen molar-refractivity contribution in [3.05, 3.63) is 72.3 Å². The zero-order valence-corrected chi connectivity index (χ0v) is 15.7. The average Bonchev–Trinajstić information content (AvgIpc) is 2.67. The Balaban J connectivity index is 1.82. The van der Waals surface area contributed by atoms with Gasteiger partial charge >= 0.3 is 5.97 Å². The van der Waals surface area contributed by atoms with Crippen LogP contribution in [-0.4, -0.2) is 39.2 Å². The predicted octanol–water partition coefficient (Wildman–Crippen LogP) is 1.69. The molecule has 0 aliphatic rings. The molecule has 0 bridgehead atoms. The van der Waals surface area contributed by atoms with Crippen molar-refractivity contribution in [2.24, 2.45) is 0 Å². The predicted molar refractivity (Wildman–Crippen MR) is 104 cm³/mol. The second-order valence-electron chi connectivity index (χ2n) is 6.17. The summed E-state index contributed by atoms with van der Waals surface area (Å²) in [5.41, 5.74) is 2.21. The summed E-state index contributed by atoms with van der Waals surface area (Å²) in [4.78, 5) is 24.7. The van der Waals surface area contributed by atoms with Gasteiger partial charge in [0, 0.05) is 11.3 Å². The van der Waals surface area contributed by atoms with E-state index in [1.807, 2.05) is 31.3 Å². The lowest BCUT2D eigenvalue weighted by Crippen LogP contribution is -3.08. The van der Waals surface area contributed by atoms with Crippen LogP contribution in [0.2, 0.25) is 0 Å². The van der Waals surface area contributed by atoms with Gasteiger partial charge in [0.2, 0.25) is 0 Å². The van der Waals surface area contributed by atoms with E-state index in [0.29, 0.717) is 24.4 Å². The fraction of sp³-hybridized carbons (Fsp3) is 0.238. The molecule has 1 atom stereocenters. The summed E-state index contributed by atoms with van der Waals surface area (Å²) >= 11 is 0. The molecule has 0 radical (unpaired) electrons. The maximum Gasteiger partial charge on any atom is 0.337 e. The van der Waals surface area contributed by atoms with Crippen LogP contribution in [0.1, 0.15) is 15.9 Å². The molecule has 2 aromatic carbocycles. The number of hydrogen-bond acceptors (Lipinski definition) is 4. The summed E-state index contributed by atoms with van der Waals surface area (Å²) in [6.45, 7) is 5.14. The molecule has 2 rings (SSSR count). The molecule has 6 nitrogen and oxygen atoms in total. The van der Waals surface area contributed by atoms with Gasteiger partial charge in [0.15, 0.2) is 6.54 Å². The van der Waals surface area contributed by atoms with Gasteiger partial charge in [-0.05, 0) is 48.5 Å². The number of ether oxygens (including phenoxy) is 2. The Bertz CT molecular complexity index is 770. The number of carbonyl (C=O) groups is 2. The molecule has 27 heavy (non-hydrogen) atoms. The SMILES string of the molecule is C=CCOc1ccc(C[NH+](C)CC(=O)Nc2ccc(C(=O)OC)cc2)cc1. The van der Waals surface area contributed by atoms with Crippen molar-refractivity contribution in [1.29, 1.82) is 0 Å². The van der Waals surface area contributed by atoms with Crippen molar-refractivity contribution < 1.29 is 24.0 Å². The number of anilines is 1. The van der Waals surface area contributed by atoms with Gasteiger partial charge in [0.1, 0.15) is 18.9 Å². The van der Waals surface area contributed by atoms with Gasteiger partial charge in [-0.25, -0.2) is 4.79 Å². The molecule has 0 heterocycles. The molecular weight excluding hydrogens is 344 g/mol. The number of amides is 1. The van der Waals surface area contributed by atoms with Crippen molar-refractivity contribution >= 4 is 17.6 Å². The number of quaternary nitrogens is 1. The van der Waals surface area contributed by atoms with Crippen LogP contribution in [0.5, 0.6) is 5.75 Å². The minimum absolute atomic E-state index is 0.0933. The Morgan fingerprint density at radius 3 is 2.37 bits per heavy atom. The van der Waals surface area contributed by atoms with Crippen molar-refractivity contribution in [2.45, 2.75) is 6.54 Å². The summed E-state index contributed by atoms with van der Waals surface area (Å²) in [6, 6.07) is 14.4. The zero-order valence-electron chi connectivity index (χ0n) is 15.7. The summed E-state index contributed by atoms with van der Waals surface area (Å²) < 4.78 is 10.1. The topological polar surface area (TPSA) is 69.1 Å². The van der Waals surface area contributed by atoms with Crippen molar-refractivity contribution in [1.82, 2.24) is 0 Å². The smallest absolute Gasteiger partial charge is 0.337 e. The zero-order chi connectivity index (χ0) is 19.6. The minimum Gasteiger partial charge on any atom is -0.490 e. The van der Waals surface area contributed by atoms with Gasteiger partial charge in [-0.1, -0.05) is 12.7 Å². The molecule has 2 N–H and O–H groups in total. The Labute approximate surface area is 159 Å². The number of nitrogens with one attached hydrogen (secondary N) is 2. The first kappa shape index (κ1) is 20.2. The lowest BCUT2D eigenvalue weighted by Gasteiger charge is -2.14. The molecule has 0 saturated carbocycles. The summed E-state index contributed by atoms with van der Waals surface area (Å²) in [5, 5.41) is 2.83. The highest BCUT2D eigenvalue weighted by Gasteiger charge is 2.12. The lowest BCUT2D eigenvalue weighted by molar-refractivity contribution is -0.885. The second kappa shape index (κ2) is 10.1. The van der Waals surface area contributed by atoms with E-state index in [9.17, 15) is 9.59 Å². The highest BCUT2D eigenvalue weighted by molar-refractivity contribution is 5.93. The second-order valence-corrected chi connectivity index (χ2v) is 6.17. The normalized spacial score (nSPS) is 11.3. The Morgan fingerprint density at radius 2 is 1.78 bits per heavy atom. The van der Waals surface area contributed by atoms with Crippen LogP contribution in [0.4, 0.5) is 5.69 Å². The van der Waals surface area contributed by atoms with Crippen LogP contribution in [0.25, 0.3) is 0 Å². The van der Waals surface area contributed by atoms with Crippen molar-refractivity contribution in [2.75, 3.05) is 32.6 Å². The third-order valence-corrected chi connectivity index (χ3v) is 3.85. The molecular formula is C21H25N2O4+. The molecule has 0 spiro atoms. The first-order valence-corrected chi connectivity index (χ1v) is 8.64. The fourth-order valence-corrected chi connectivity index (χ4v) is 2.56. The van der Waals surface area contributed by atoms with Crippen LogP contribution in [0.15, 0.2) is 61.2 Å². The maximum atomic E-state index is 12.2. The number of methoxy groups -OCH3 is 1. The Hall–Kier alpha value is -3.12. The van der Waals surface area contributed by atoms with E-state index in [1.165, 1.54) is 7.11 Å². The van der Waals surface area contributed by atoms with Gasteiger partial charge in [0.25, 0.3) is 5.91 Å².